The summed E-state index contributed by atoms with van der Waals surface area (Å²) >= 11 is 0. The highest BCUT2D eigenvalue weighted by molar-refractivity contribution is 5.95. The first-order chi connectivity index (χ1) is 9.56. The topological polar surface area (TPSA) is 55.1 Å². The molecular formula is C17H26N2O. The molecule has 0 atom stereocenters. The molecule has 3 N–H and O–H groups in total. The Balaban J connectivity index is 1.76. The van der Waals surface area contributed by atoms with Gasteiger partial charge in [-0.05, 0) is 42.9 Å². The molecule has 1 aromatic carbocycles. The minimum atomic E-state index is -0.0131. The fourth-order valence-corrected chi connectivity index (χ4v) is 2.89. The maximum atomic E-state index is 12.0. The number of nitrogens with two attached hydrogens (primary N) is 1. The highest BCUT2D eigenvalue weighted by atomic mass is 16.1. The fourth-order valence-electron chi connectivity index (χ4n) is 2.89. The molecule has 1 saturated carbocycles. The third-order valence-electron chi connectivity index (χ3n) is 4.51. The van der Waals surface area contributed by atoms with Crippen LogP contribution < -0.4 is 11.1 Å². The number of carbonyl (C=O) groups excluding carboxylic acids is 1. The van der Waals surface area contributed by atoms with E-state index in [0.29, 0.717) is 11.3 Å². The summed E-state index contributed by atoms with van der Waals surface area (Å²) in [5.41, 5.74) is 8.19. The zero-order valence-corrected chi connectivity index (χ0v) is 12.6. The molecule has 0 unspecified atom stereocenters. The summed E-state index contributed by atoms with van der Waals surface area (Å²) in [5, 5.41) is 3.01. The molecule has 1 aliphatic rings. The van der Waals surface area contributed by atoms with Gasteiger partial charge >= 0.3 is 0 Å². The Morgan fingerprint density at radius 1 is 1.30 bits per heavy atom. The van der Waals surface area contributed by atoms with Gasteiger partial charge in [0.1, 0.15) is 0 Å². The Morgan fingerprint density at radius 3 is 2.65 bits per heavy atom. The second-order valence-electron chi connectivity index (χ2n) is 6.24. The van der Waals surface area contributed by atoms with Crippen LogP contribution in [0.15, 0.2) is 18.2 Å². The Kier molecular flexibility index (Phi) is 5.05. The van der Waals surface area contributed by atoms with E-state index in [1.807, 2.05) is 19.1 Å². The summed E-state index contributed by atoms with van der Waals surface area (Å²) in [4.78, 5) is 12.0. The van der Waals surface area contributed by atoms with E-state index < -0.39 is 0 Å². The van der Waals surface area contributed by atoms with Gasteiger partial charge in [-0.1, -0.05) is 38.7 Å². The zero-order valence-electron chi connectivity index (χ0n) is 12.6. The van der Waals surface area contributed by atoms with Crippen LogP contribution in [-0.4, -0.2) is 12.5 Å². The maximum absolute atomic E-state index is 12.0. The molecular weight excluding hydrogens is 248 g/mol. The Labute approximate surface area is 121 Å². The van der Waals surface area contributed by atoms with E-state index in [-0.39, 0.29) is 5.91 Å². The Bertz CT molecular complexity index is 462. The zero-order chi connectivity index (χ0) is 14.5. The van der Waals surface area contributed by atoms with E-state index in [4.69, 9.17) is 5.73 Å². The molecule has 1 aromatic rings. The second kappa shape index (κ2) is 6.78. The molecule has 0 aromatic heterocycles. The van der Waals surface area contributed by atoms with E-state index in [1.165, 1.54) is 25.7 Å². The molecule has 0 radical (unpaired) electrons. The summed E-state index contributed by atoms with van der Waals surface area (Å²) in [6.45, 7) is 5.05. The summed E-state index contributed by atoms with van der Waals surface area (Å²) in [6.07, 6.45) is 6.41. The molecule has 0 aliphatic heterocycles. The molecule has 0 spiro atoms. The van der Waals surface area contributed by atoms with Crippen LogP contribution in [0.3, 0.4) is 0 Å². The van der Waals surface area contributed by atoms with Crippen molar-refractivity contribution in [2.24, 2.45) is 11.8 Å². The first-order valence-corrected chi connectivity index (χ1v) is 7.70. The van der Waals surface area contributed by atoms with Crippen molar-refractivity contribution in [1.82, 2.24) is 5.32 Å². The lowest BCUT2D eigenvalue weighted by Gasteiger charge is -2.26. The first kappa shape index (κ1) is 14.9. The molecule has 110 valence electrons. The third-order valence-corrected chi connectivity index (χ3v) is 4.51. The number of aryl methyl sites for hydroxylation is 1. The summed E-state index contributed by atoms with van der Waals surface area (Å²) < 4.78 is 0. The third kappa shape index (κ3) is 3.99. The number of benzene rings is 1. The predicted octanol–water partition coefficient (Wildman–Crippen LogP) is 3.52. The normalized spacial score (nSPS) is 22.5. The van der Waals surface area contributed by atoms with Gasteiger partial charge in [-0.15, -0.1) is 0 Å². The fraction of sp³-hybridized carbons (Fsp3) is 0.588. The molecule has 1 fully saturated rings. The summed E-state index contributed by atoms with van der Waals surface area (Å²) in [6, 6.07) is 5.49. The quantitative estimate of drug-likeness (QED) is 0.825. The van der Waals surface area contributed by atoms with Crippen LogP contribution in [0.25, 0.3) is 0 Å². The van der Waals surface area contributed by atoms with E-state index in [9.17, 15) is 4.79 Å². The molecule has 1 aliphatic carbocycles. The number of anilines is 1. The SMILES string of the molecule is Cc1ccc(C(=O)NCCC2CCC(C)CC2)cc1N. The van der Waals surface area contributed by atoms with Crippen LogP contribution in [0.2, 0.25) is 0 Å². The van der Waals surface area contributed by atoms with Gasteiger partial charge in [0.2, 0.25) is 0 Å². The number of rotatable bonds is 4. The largest absolute Gasteiger partial charge is 0.398 e. The van der Waals surface area contributed by atoms with Crippen LogP contribution in [0.1, 0.15) is 54.9 Å². The minimum Gasteiger partial charge on any atom is -0.398 e. The van der Waals surface area contributed by atoms with Gasteiger partial charge in [-0.3, -0.25) is 4.79 Å². The van der Waals surface area contributed by atoms with Gasteiger partial charge in [-0.25, -0.2) is 0 Å². The number of nitrogen functional groups attached to an aromatic ring is 1. The van der Waals surface area contributed by atoms with Crippen molar-refractivity contribution in [3.8, 4) is 0 Å². The molecule has 1 amide bonds. The monoisotopic (exact) mass is 274 g/mol. The number of carbonyl (C=O) groups is 1. The highest BCUT2D eigenvalue weighted by Crippen LogP contribution is 2.29. The van der Waals surface area contributed by atoms with E-state index in [0.717, 1.165) is 30.4 Å². The van der Waals surface area contributed by atoms with Gasteiger partial charge < -0.3 is 11.1 Å². The molecule has 3 nitrogen and oxygen atoms in total. The van der Waals surface area contributed by atoms with Gasteiger partial charge in [-0.2, -0.15) is 0 Å². The number of amides is 1. The lowest BCUT2D eigenvalue weighted by Crippen LogP contribution is -2.27. The maximum Gasteiger partial charge on any atom is 0.251 e. The lowest BCUT2D eigenvalue weighted by atomic mass is 9.81. The van der Waals surface area contributed by atoms with Crippen LogP contribution >= 0.6 is 0 Å². The average Bonchev–Trinajstić information content (AvgIpc) is 2.44. The molecule has 0 saturated heterocycles. The Hall–Kier alpha value is -1.51. The minimum absolute atomic E-state index is 0.0131. The lowest BCUT2D eigenvalue weighted by molar-refractivity contribution is 0.0949. The first-order valence-electron chi connectivity index (χ1n) is 7.70. The average molecular weight is 274 g/mol. The molecule has 2 rings (SSSR count). The van der Waals surface area contributed by atoms with Crippen molar-refractivity contribution in [1.29, 1.82) is 0 Å². The van der Waals surface area contributed by atoms with Crippen LogP contribution in [0.4, 0.5) is 5.69 Å². The van der Waals surface area contributed by atoms with Crippen molar-refractivity contribution in [3.63, 3.8) is 0 Å². The van der Waals surface area contributed by atoms with Gasteiger partial charge in [0.15, 0.2) is 0 Å². The standard InChI is InChI=1S/C17H26N2O/c1-12-3-6-14(7-4-12)9-10-19-17(20)15-8-5-13(2)16(18)11-15/h5,8,11-12,14H,3-4,6-7,9-10,18H2,1-2H3,(H,19,20). The van der Waals surface area contributed by atoms with Crippen molar-refractivity contribution in [2.75, 3.05) is 12.3 Å². The Morgan fingerprint density at radius 2 is 2.00 bits per heavy atom. The van der Waals surface area contributed by atoms with Gasteiger partial charge in [0.05, 0.1) is 0 Å². The van der Waals surface area contributed by atoms with Crippen molar-refractivity contribution < 1.29 is 4.79 Å². The number of hydrogen-bond donors (Lipinski definition) is 2. The molecule has 0 heterocycles. The van der Waals surface area contributed by atoms with Crippen molar-refractivity contribution in [2.45, 2.75) is 46.0 Å². The van der Waals surface area contributed by atoms with Crippen molar-refractivity contribution >= 4 is 11.6 Å². The van der Waals surface area contributed by atoms with Gasteiger partial charge in [0.25, 0.3) is 5.91 Å². The number of hydrogen-bond acceptors (Lipinski definition) is 2. The van der Waals surface area contributed by atoms with E-state index in [1.54, 1.807) is 6.07 Å². The van der Waals surface area contributed by atoms with Crippen LogP contribution in [-0.2, 0) is 0 Å². The smallest absolute Gasteiger partial charge is 0.251 e. The predicted molar refractivity (Wildman–Crippen MR) is 83.7 cm³/mol. The highest BCUT2D eigenvalue weighted by Gasteiger charge is 2.18. The molecule has 20 heavy (non-hydrogen) atoms. The van der Waals surface area contributed by atoms with E-state index >= 15 is 0 Å². The van der Waals surface area contributed by atoms with Crippen molar-refractivity contribution in [3.05, 3.63) is 29.3 Å². The molecule has 3 heteroatoms. The molecule has 0 bridgehead atoms. The van der Waals surface area contributed by atoms with Crippen LogP contribution in [0, 0.1) is 18.8 Å². The second-order valence-corrected chi connectivity index (χ2v) is 6.24. The van der Waals surface area contributed by atoms with Crippen LogP contribution in [0.5, 0.6) is 0 Å². The summed E-state index contributed by atoms with van der Waals surface area (Å²) in [7, 11) is 0. The summed E-state index contributed by atoms with van der Waals surface area (Å²) in [5.74, 6) is 1.66. The van der Waals surface area contributed by atoms with Gasteiger partial charge in [0, 0.05) is 17.8 Å². The van der Waals surface area contributed by atoms with E-state index in [2.05, 4.69) is 12.2 Å². The number of nitrogens with one attached hydrogen (secondary N) is 1.